The molecule has 0 radical (unpaired) electrons. The van der Waals surface area contributed by atoms with Gasteiger partial charge in [-0.05, 0) is 25.5 Å². The Morgan fingerprint density at radius 2 is 2.28 bits per heavy atom. The van der Waals surface area contributed by atoms with Crippen LogP contribution in [-0.2, 0) is 4.79 Å². The summed E-state index contributed by atoms with van der Waals surface area (Å²) in [5.74, 6) is 1.08. The highest BCUT2D eigenvalue weighted by Gasteiger charge is 2.04. The molecule has 0 saturated heterocycles. The number of thiazole rings is 1. The van der Waals surface area contributed by atoms with Gasteiger partial charge in [-0.1, -0.05) is 23.9 Å². The Kier molecular flexibility index (Phi) is 5.01. The molecule has 0 atom stereocenters. The number of para-hydroxylation sites is 1. The molecule has 0 spiro atoms. The SMILES string of the molecule is CCNC(=O)CCCSc1nc2ccccc2s1. The van der Waals surface area contributed by atoms with Gasteiger partial charge in [-0.3, -0.25) is 4.79 Å². The number of amides is 1. The van der Waals surface area contributed by atoms with Gasteiger partial charge in [0, 0.05) is 18.7 Å². The van der Waals surface area contributed by atoms with Gasteiger partial charge in [0.05, 0.1) is 10.2 Å². The maximum Gasteiger partial charge on any atom is 0.220 e. The van der Waals surface area contributed by atoms with Crippen LogP contribution < -0.4 is 5.32 Å². The summed E-state index contributed by atoms with van der Waals surface area (Å²) in [7, 11) is 0. The molecule has 2 aromatic rings. The van der Waals surface area contributed by atoms with Crippen LogP contribution in [-0.4, -0.2) is 23.2 Å². The number of aromatic nitrogens is 1. The number of hydrogen-bond acceptors (Lipinski definition) is 4. The number of fused-ring (bicyclic) bond motifs is 1. The zero-order chi connectivity index (χ0) is 12.8. The Hall–Kier alpha value is -1.07. The largest absolute Gasteiger partial charge is 0.356 e. The molecule has 18 heavy (non-hydrogen) atoms. The summed E-state index contributed by atoms with van der Waals surface area (Å²) < 4.78 is 2.32. The van der Waals surface area contributed by atoms with Crippen LogP contribution in [0.5, 0.6) is 0 Å². The van der Waals surface area contributed by atoms with Gasteiger partial charge in [-0.25, -0.2) is 4.98 Å². The van der Waals surface area contributed by atoms with Crippen LogP contribution in [0.1, 0.15) is 19.8 Å². The van der Waals surface area contributed by atoms with Gasteiger partial charge in [-0.2, -0.15) is 0 Å². The van der Waals surface area contributed by atoms with E-state index in [1.54, 1.807) is 23.1 Å². The Balaban J connectivity index is 1.78. The molecule has 5 heteroatoms. The second-order valence-electron chi connectivity index (χ2n) is 3.85. The highest BCUT2D eigenvalue weighted by atomic mass is 32.2. The smallest absolute Gasteiger partial charge is 0.220 e. The summed E-state index contributed by atoms with van der Waals surface area (Å²) in [4.78, 5) is 15.8. The minimum atomic E-state index is 0.141. The van der Waals surface area contributed by atoms with Gasteiger partial charge >= 0.3 is 0 Å². The maximum absolute atomic E-state index is 11.3. The van der Waals surface area contributed by atoms with Crippen molar-refractivity contribution in [3.63, 3.8) is 0 Å². The van der Waals surface area contributed by atoms with Crippen LogP contribution in [0.15, 0.2) is 28.6 Å². The average molecular weight is 280 g/mol. The van der Waals surface area contributed by atoms with E-state index in [-0.39, 0.29) is 5.91 Å². The number of thioether (sulfide) groups is 1. The van der Waals surface area contributed by atoms with Crippen LogP contribution in [0.3, 0.4) is 0 Å². The molecular formula is C13H16N2OS2. The number of nitrogens with zero attached hydrogens (tertiary/aromatic N) is 1. The Morgan fingerprint density at radius 1 is 1.44 bits per heavy atom. The summed E-state index contributed by atoms with van der Waals surface area (Å²) >= 11 is 3.45. The molecule has 0 bridgehead atoms. The molecule has 1 aromatic carbocycles. The monoisotopic (exact) mass is 280 g/mol. The number of rotatable bonds is 6. The molecular weight excluding hydrogens is 264 g/mol. The number of benzene rings is 1. The van der Waals surface area contributed by atoms with Crippen molar-refractivity contribution in [1.82, 2.24) is 10.3 Å². The van der Waals surface area contributed by atoms with E-state index in [4.69, 9.17) is 0 Å². The Morgan fingerprint density at radius 3 is 3.06 bits per heavy atom. The molecule has 1 amide bonds. The van der Waals surface area contributed by atoms with Gasteiger partial charge in [0.15, 0.2) is 4.34 Å². The van der Waals surface area contributed by atoms with Crippen LogP contribution in [0.25, 0.3) is 10.2 Å². The summed E-state index contributed by atoms with van der Waals surface area (Å²) in [6.45, 7) is 2.65. The van der Waals surface area contributed by atoms with Crippen LogP contribution >= 0.6 is 23.1 Å². The first-order valence-corrected chi connectivity index (χ1v) is 7.85. The predicted octanol–water partition coefficient (Wildman–Crippen LogP) is 3.30. The van der Waals surface area contributed by atoms with Gasteiger partial charge in [0.2, 0.25) is 5.91 Å². The lowest BCUT2D eigenvalue weighted by molar-refractivity contribution is -0.120. The van der Waals surface area contributed by atoms with Crippen molar-refractivity contribution in [3.05, 3.63) is 24.3 Å². The average Bonchev–Trinajstić information content (AvgIpc) is 2.77. The lowest BCUT2D eigenvalue weighted by Gasteiger charge is -2.00. The van der Waals surface area contributed by atoms with E-state index in [9.17, 15) is 4.79 Å². The fourth-order valence-corrected chi connectivity index (χ4v) is 3.67. The van der Waals surface area contributed by atoms with Gasteiger partial charge in [-0.15, -0.1) is 11.3 Å². The van der Waals surface area contributed by atoms with E-state index in [1.807, 2.05) is 25.1 Å². The lowest BCUT2D eigenvalue weighted by atomic mass is 10.3. The molecule has 96 valence electrons. The Labute approximate surface area is 115 Å². The fraction of sp³-hybridized carbons (Fsp3) is 0.385. The van der Waals surface area contributed by atoms with E-state index in [0.29, 0.717) is 13.0 Å². The minimum absolute atomic E-state index is 0.141. The molecule has 3 nitrogen and oxygen atoms in total. The maximum atomic E-state index is 11.3. The summed E-state index contributed by atoms with van der Waals surface area (Å²) in [6.07, 6.45) is 1.50. The minimum Gasteiger partial charge on any atom is -0.356 e. The van der Waals surface area contributed by atoms with Crippen LogP contribution in [0.4, 0.5) is 0 Å². The topological polar surface area (TPSA) is 42.0 Å². The third-order valence-electron chi connectivity index (χ3n) is 2.42. The van der Waals surface area contributed by atoms with Crippen molar-refractivity contribution in [1.29, 1.82) is 0 Å². The summed E-state index contributed by atoms with van der Waals surface area (Å²) in [5, 5.41) is 2.80. The molecule has 0 saturated carbocycles. The van der Waals surface area contributed by atoms with E-state index in [1.165, 1.54) is 4.70 Å². The third-order valence-corrected chi connectivity index (χ3v) is 4.69. The molecule has 0 fully saturated rings. The first-order valence-electron chi connectivity index (χ1n) is 6.04. The first kappa shape index (κ1) is 13.4. The van der Waals surface area contributed by atoms with Crippen molar-refractivity contribution >= 4 is 39.2 Å². The molecule has 1 N–H and O–H groups in total. The number of carbonyl (C=O) groups excluding carboxylic acids is 1. The quantitative estimate of drug-likeness (QED) is 0.652. The van der Waals surface area contributed by atoms with Crippen molar-refractivity contribution in [2.75, 3.05) is 12.3 Å². The van der Waals surface area contributed by atoms with Crippen LogP contribution in [0.2, 0.25) is 0 Å². The molecule has 2 rings (SSSR count). The Bertz CT molecular complexity index is 491. The fourth-order valence-electron chi connectivity index (χ4n) is 1.59. The number of nitrogens with one attached hydrogen (secondary N) is 1. The highest BCUT2D eigenvalue weighted by molar-refractivity contribution is 8.01. The van der Waals surface area contributed by atoms with E-state index in [0.717, 1.165) is 22.0 Å². The molecule has 0 aliphatic heterocycles. The van der Waals surface area contributed by atoms with E-state index < -0.39 is 0 Å². The second kappa shape index (κ2) is 6.75. The van der Waals surface area contributed by atoms with E-state index >= 15 is 0 Å². The summed E-state index contributed by atoms with van der Waals surface area (Å²) in [5.41, 5.74) is 1.06. The van der Waals surface area contributed by atoms with Gasteiger partial charge in [0.1, 0.15) is 0 Å². The second-order valence-corrected chi connectivity index (χ2v) is 6.23. The van der Waals surface area contributed by atoms with Crippen molar-refractivity contribution in [3.8, 4) is 0 Å². The normalized spacial score (nSPS) is 10.7. The van der Waals surface area contributed by atoms with Crippen molar-refractivity contribution < 1.29 is 4.79 Å². The third kappa shape index (κ3) is 3.71. The highest BCUT2D eigenvalue weighted by Crippen LogP contribution is 2.29. The van der Waals surface area contributed by atoms with Crippen molar-refractivity contribution in [2.45, 2.75) is 24.1 Å². The number of carbonyl (C=O) groups is 1. The zero-order valence-electron chi connectivity index (χ0n) is 10.3. The van der Waals surface area contributed by atoms with Gasteiger partial charge < -0.3 is 5.32 Å². The molecule has 1 heterocycles. The lowest BCUT2D eigenvalue weighted by Crippen LogP contribution is -2.22. The van der Waals surface area contributed by atoms with E-state index in [2.05, 4.69) is 16.4 Å². The summed E-state index contributed by atoms with van der Waals surface area (Å²) in [6, 6.07) is 8.16. The number of hydrogen-bond donors (Lipinski definition) is 1. The molecule has 1 aromatic heterocycles. The zero-order valence-corrected chi connectivity index (χ0v) is 11.9. The molecule has 0 aliphatic rings. The predicted molar refractivity (Wildman–Crippen MR) is 78.3 cm³/mol. The standard InChI is InChI=1S/C13H16N2OS2/c1-2-14-12(16)8-5-9-17-13-15-10-6-3-4-7-11(10)18-13/h3-4,6-7H,2,5,8-9H2,1H3,(H,14,16). The molecule has 0 unspecified atom stereocenters. The van der Waals surface area contributed by atoms with Gasteiger partial charge in [0.25, 0.3) is 0 Å². The van der Waals surface area contributed by atoms with Crippen LogP contribution in [0, 0.1) is 0 Å². The van der Waals surface area contributed by atoms with Crippen molar-refractivity contribution in [2.24, 2.45) is 0 Å². The first-order chi connectivity index (χ1) is 8.79. The molecule has 0 aliphatic carbocycles.